The summed E-state index contributed by atoms with van der Waals surface area (Å²) in [5.74, 6) is 0. The van der Waals surface area contributed by atoms with Crippen molar-refractivity contribution in [2.75, 3.05) is 11.3 Å². The van der Waals surface area contributed by atoms with E-state index in [9.17, 15) is 8.42 Å². The molecule has 3 aliphatic rings. The summed E-state index contributed by atoms with van der Waals surface area (Å²) >= 11 is 6.00. The van der Waals surface area contributed by atoms with Crippen LogP contribution in [0.2, 0.25) is 0 Å². The first-order valence-electron chi connectivity index (χ1n) is 7.41. The summed E-state index contributed by atoms with van der Waals surface area (Å²) in [7, 11) is -3.79. The van der Waals surface area contributed by atoms with E-state index in [1.807, 2.05) is 12.1 Å². The molecule has 3 heterocycles. The number of anilines is 1. The molecule has 0 spiro atoms. The molecule has 4 rings (SSSR count). The largest absolute Gasteiger partial charge is 0.312 e. The molecule has 0 fully saturated rings. The highest BCUT2D eigenvalue weighted by Crippen LogP contribution is 2.34. The van der Waals surface area contributed by atoms with E-state index >= 15 is 0 Å². The minimum Gasteiger partial charge on any atom is -0.312 e. The van der Waals surface area contributed by atoms with Crippen molar-refractivity contribution in [3.8, 4) is 0 Å². The van der Waals surface area contributed by atoms with Crippen LogP contribution < -0.4 is 15.5 Å². The topological polar surface area (TPSA) is 82.7 Å². The molecule has 1 aromatic carbocycles. The van der Waals surface area contributed by atoms with E-state index in [0.717, 1.165) is 30.6 Å². The molecule has 3 N–H and O–H groups in total. The average molecular weight is 367 g/mol. The van der Waals surface area contributed by atoms with Crippen LogP contribution in [0.5, 0.6) is 0 Å². The van der Waals surface area contributed by atoms with Gasteiger partial charge in [-0.25, -0.2) is 13.9 Å². The first-order chi connectivity index (χ1) is 11.6. The van der Waals surface area contributed by atoms with Crippen LogP contribution in [0.4, 0.5) is 5.69 Å². The number of hydrogen-bond donors (Lipinski definition) is 3. The van der Waals surface area contributed by atoms with Crippen molar-refractivity contribution in [1.29, 1.82) is 0 Å². The summed E-state index contributed by atoms with van der Waals surface area (Å²) in [5, 5.41) is 4.77. The van der Waals surface area contributed by atoms with Gasteiger partial charge in [-0.05, 0) is 42.3 Å². The smallest absolute Gasteiger partial charge is 0.264 e. The van der Waals surface area contributed by atoms with Gasteiger partial charge >= 0.3 is 0 Å². The van der Waals surface area contributed by atoms with E-state index in [0.29, 0.717) is 11.4 Å². The van der Waals surface area contributed by atoms with Crippen molar-refractivity contribution in [2.24, 2.45) is 0 Å². The number of sulfonamides is 1. The zero-order valence-electron chi connectivity index (χ0n) is 12.5. The van der Waals surface area contributed by atoms with E-state index < -0.39 is 10.0 Å². The third-order valence-electron chi connectivity index (χ3n) is 4.05. The molecule has 0 amide bonds. The molecule has 0 atom stereocenters. The molecule has 7 nitrogen and oxygen atoms in total. The van der Waals surface area contributed by atoms with Gasteiger partial charge in [0, 0.05) is 6.54 Å². The normalized spacial score (nSPS) is 19.5. The van der Waals surface area contributed by atoms with Crippen LogP contribution in [-0.4, -0.2) is 20.0 Å². The maximum absolute atomic E-state index is 12.9. The fourth-order valence-corrected chi connectivity index (χ4v) is 4.37. The third-order valence-corrected chi connectivity index (χ3v) is 5.74. The highest BCUT2D eigenvalue weighted by molar-refractivity contribution is 7.96. The number of rotatable bonds is 3. The highest BCUT2D eigenvalue weighted by atomic mass is 35.5. The zero-order valence-corrected chi connectivity index (χ0v) is 14.1. The predicted octanol–water partition coefficient (Wildman–Crippen LogP) is 1.64. The Morgan fingerprint density at radius 3 is 3.04 bits per heavy atom. The van der Waals surface area contributed by atoms with Crippen LogP contribution >= 0.6 is 11.6 Å². The number of fused-ring (bicyclic) bond motifs is 2. The molecule has 9 heteroatoms. The fraction of sp³-hybridized carbons (Fsp3) is 0.200. The van der Waals surface area contributed by atoms with Gasteiger partial charge in [0.15, 0.2) is 0 Å². The Balaban J connectivity index is 1.70. The van der Waals surface area contributed by atoms with Crippen molar-refractivity contribution in [3.05, 3.63) is 63.4 Å². The van der Waals surface area contributed by atoms with Crippen molar-refractivity contribution >= 4 is 27.3 Å². The summed E-state index contributed by atoms with van der Waals surface area (Å²) in [4.78, 5) is 5.17. The van der Waals surface area contributed by atoms with E-state index in [1.165, 1.54) is 23.4 Å². The molecule has 0 unspecified atom stereocenters. The van der Waals surface area contributed by atoms with Crippen LogP contribution in [0.15, 0.2) is 52.3 Å². The van der Waals surface area contributed by atoms with E-state index in [2.05, 4.69) is 15.5 Å². The number of hydroxylamine groups is 3. The van der Waals surface area contributed by atoms with E-state index in [1.54, 1.807) is 6.07 Å². The summed E-state index contributed by atoms with van der Waals surface area (Å²) in [6.07, 6.45) is 5.16. The predicted molar refractivity (Wildman–Crippen MR) is 90.6 cm³/mol. The summed E-state index contributed by atoms with van der Waals surface area (Å²) in [6, 6.07) is 5.63. The van der Waals surface area contributed by atoms with Gasteiger partial charge in [0.2, 0.25) is 0 Å². The first kappa shape index (κ1) is 15.5. The number of benzene rings is 1. The van der Waals surface area contributed by atoms with Gasteiger partial charge in [-0.1, -0.05) is 23.7 Å². The standard InChI is InChI=1S/C15H15ClN4O3S/c16-15-5-4-14(13-9-18-23-20(13)15)24(21,22)19-12-3-1-2-10-8-17-7-6-11(10)12/h1-5,9,17-19H,6-8H2. The van der Waals surface area contributed by atoms with Crippen LogP contribution in [0.3, 0.4) is 0 Å². The van der Waals surface area contributed by atoms with E-state index in [-0.39, 0.29) is 10.1 Å². The lowest BCUT2D eigenvalue weighted by Gasteiger charge is -2.24. The van der Waals surface area contributed by atoms with Crippen LogP contribution in [-0.2, 0) is 27.9 Å². The van der Waals surface area contributed by atoms with Gasteiger partial charge in [-0.15, -0.1) is 0 Å². The highest BCUT2D eigenvalue weighted by Gasteiger charge is 2.33. The Hall–Kier alpha value is -2.00. The number of nitrogens with one attached hydrogen (secondary N) is 3. The molecular formula is C15H15ClN4O3S. The lowest BCUT2D eigenvalue weighted by Crippen LogP contribution is -2.28. The van der Waals surface area contributed by atoms with Gasteiger partial charge in [0.25, 0.3) is 10.0 Å². The maximum Gasteiger partial charge on any atom is 0.264 e. The molecule has 0 aromatic heterocycles. The zero-order chi connectivity index (χ0) is 16.7. The molecule has 1 aromatic rings. The molecule has 3 aliphatic heterocycles. The maximum atomic E-state index is 12.9. The summed E-state index contributed by atoms with van der Waals surface area (Å²) in [5.41, 5.74) is 5.58. The molecule has 126 valence electrons. The molecule has 0 saturated heterocycles. The Morgan fingerprint density at radius 2 is 2.17 bits per heavy atom. The van der Waals surface area contributed by atoms with Crippen molar-refractivity contribution in [3.63, 3.8) is 0 Å². The van der Waals surface area contributed by atoms with Crippen molar-refractivity contribution in [2.45, 2.75) is 13.0 Å². The van der Waals surface area contributed by atoms with Gasteiger partial charge < -0.3 is 5.32 Å². The second-order valence-electron chi connectivity index (χ2n) is 5.53. The third kappa shape index (κ3) is 2.57. The Labute approximate surface area is 144 Å². The Kier molecular flexibility index (Phi) is 3.76. The lowest BCUT2D eigenvalue weighted by atomic mass is 9.99. The second-order valence-corrected chi connectivity index (χ2v) is 7.57. The monoisotopic (exact) mass is 366 g/mol. The fourth-order valence-electron chi connectivity index (χ4n) is 2.92. The Bertz CT molecular complexity index is 892. The molecule has 0 radical (unpaired) electrons. The van der Waals surface area contributed by atoms with Crippen LogP contribution in [0, 0.1) is 0 Å². The minimum absolute atomic E-state index is 0.0865. The molecule has 24 heavy (non-hydrogen) atoms. The minimum atomic E-state index is -3.79. The van der Waals surface area contributed by atoms with E-state index in [4.69, 9.17) is 16.5 Å². The molecule has 0 saturated carbocycles. The summed E-state index contributed by atoms with van der Waals surface area (Å²) in [6.45, 7) is 1.56. The number of allylic oxidation sites excluding steroid dienone is 2. The number of hydrogen-bond acceptors (Lipinski definition) is 6. The van der Waals surface area contributed by atoms with Crippen molar-refractivity contribution < 1.29 is 13.4 Å². The van der Waals surface area contributed by atoms with Crippen LogP contribution in [0.25, 0.3) is 0 Å². The number of halogens is 1. The quantitative estimate of drug-likeness (QED) is 0.705. The Morgan fingerprint density at radius 1 is 1.29 bits per heavy atom. The number of nitrogens with zero attached hydrogens (tertiary/aromatic N) is 1. The SMILES string of the molecule is O=S(=O)(Nc1cccc2c1CCNC2)C1=CC=C(Cl)N2ONC=C12. The lowest BCUT2D eigenvalue weighted by molar-refractivity contribution is -0.117. The van der Waals surface area contributed by atoms with Gasteiger partial charge in [-0.3, -0.25) is 4.72 Å². The van der Waals surface area contributed by atoms with Gasteiger partial charge in [0.1, 0.15) is 15.8 Å². The van der Waals surface area contributed by atoms with Gasteiger partial charge in [0.05, 0.1) is 11.9 Å². The van der Waals surface area contributed by atoms with Crippen molar-refractivity contribution in [1.82, 2.24) is 15.9 Å². The average Bonchev–Trinajstić information content (AvgIpc) is 3.05. The van der Waals surface area contributed by atoms with Crippen LogP contribution in [0.1, 0.15) is 11.1 Å². The molecule has 0 bridgehead atoms. The molecular weight excluding hydrogens is 352 g/mol. The van der Waals surface area contributed by atoms with Gasteiger partial charge in [-0.2, -0.15) is 10.0 Å². The second kappa shape index (κ2) is 5.82. The molecule has 0 aliphatic carbocycles. The first-order valence-corrected chi connectivity index (χ1v) is 9.27. The summed E-state index contributed by atoms with van der Waals surface area (Å²) < 4.78 is 28.4.